The maximum atomic E-state index is 13.3. The molecule has 1 saturated heterocycles. The number of thioether (sulfide) groups is 1. The van der Waals surface area contributed by atoms with Gasteiger partial charge < -0.3 is 4.90 Å². The number of rotatable bonds is 2. The van der Waals surface area contributed by atoms with Crippen LogP contribution in [0.4, 0.5) is 4.39 Å². The summed E-state index contributed by atoms with van der Waals surface area (Å²) in [5.74, 6) is 0.867. The molecule has 0 bridgehead atoms. The van der Waals surface area contributed by atoms with E-state index in [0.717, 1.165) is 23.0 Å². The lowest BCUT2D eigenvalue weighted by molar-refractivity contribution is 0.273. The Bertz CT molecular complexity index is 684. The number of nitrogens with zero attached hydrogens (tertiary/aromatic N) is 2. The van der Waals surface area contributed by atoms with Gasteiger partial charge in [-0.15, -0.1) is 0 Å². The van der Waals surface area contributed by atoms with Gasteiger partial charge >= 0.3 is 0 Å². The molecular weight excluding hydrogens is 283 g/mol. The Kier molecular flexibility index (Phi) is 3.00. The van der Waals surface area contributed by atoms with Crippen LogP contribution in [0.2, 0.25) is 0 Å². The van der Waals surface area contributed by atoms with Crippen molar-refractivity contribution in [3.8, 4) is 0 Å². The standard InChI is InChI=1S/C17H15FN2S/c18-15-8-6-14(7-9-15)17(13-4-2-1-3-5-13)12-19-16-20(17)10-11-21-16/h1-9H,10-12H2. The number of amidine groups is 1. The van der Waals surface area contributed by atoms with Crippen molar-refractivity contribution in [3.63, 3.8) is 0 Å². The van der Waals surface area contributed by atoms with Crippen molar-refractivity contribution in [1.82, 2.24) is 4.90 Å². The number of aliphatic imine (C=N–C) groups is 1. The molecule has 1 atom stereocenters. The lowest BCUT2D eigenvalue weighted by atomic mass is 9.82. The van der Waals surface area contributed by atoms with Crippen molar-refractivity contribution in [2.75, 3.05) is 18.8 Å². The molecule has 106 valence electrons. The Hall–Kier alpha value is -1.81. The van der Waals surface area contributed by atoms with Gasteiger partial charge in [-0.1, -0.05) is 54.2 Å². The summed E-state index contributed by atoms with van der Waals surface area (Å²) in [5, 5.41) is 1.11. The van der Waals surface area contributed by atoms with Crippen molar-refractivity contribution >= 4 is 16.9 Å². The van der Waals surface area contributed by atoms with Crippen LogP contribution in [-0.4, -0.2) is 28.9 Å². The van der Waals surface area contributed by atoms with Crippen LogP contribution in [-0.2, 0) is 5.54 Å². The summed E-state index contributed by atoms with van der Waals surface area (Å²) in [7, 11) is 0. The lowest BCUT2D eigenvalue weighted by Crippen LogP contribution is -2.45. The normalized spacial score (nSPS) is 24.0. The molecule has 2 heterocycles. The highest BCUT2D eigenvalue weighted by molar-refractivity contribution is 8.14. The summed E-state index contributed by atoms with van der Waals surface area (Å²) in [5.41, 5.74) is 2.04. The van der Waals surface area contributed by atoms with E-state index in [0.29, 0.717) is 6.54 Å². The van der Waals surface area contributed by atoms with Crippen molar-refractivity contribution < 1.29 is 4.39 Å². The Morgan fingerprint density at radius 3 is 2.48 bits per heavy atom. The van der Waals surface area contributed by atoms with E-state index in [4.69, 9.17) is 4.99 Å². The molecule has 2 aromatic carbocycles. The van der Waals surface area contributed by atoms with E-state index in [-0.39, 0.29) is 11.4 Å². The van der Waals surface area contributed by atoms with Crippen molar-refractivity contribution in [2.45, 2.75) is 5.54 Å². The second-order valence-corrected chi connectivity index (χ2v) is 6.39. The van der Waals surface area contributed by atoms with E-state index in [9.17, 15) is 4.39 Å². The maximum absolute atomic E-state index is 13.3. The van der Waals surface area contributed by atoms with E-state index in [1.807, 2.05) is 30.0 Å². The third-order valence-electron chi connectivity index (χ3n) is 4.25. The number of halogens is 1. The predicted molar refractivity (Wildman–Crippen MR) is 85.1 cm³/mol. The molecule has 0 radical (unpaired) electrons. The molecule has 2 aromatic rings. The van der Waals surface area contributed by atoms with Crippen LogP contribution >= 0.6 is 11.8 Å². The number of fused-ring (bicyclic) bond motifs is 1. The highest BCUT2D eigenvalue weighted by Gasteiger charge is 2.47. The number of hydrogen-bond donors (Lipinski definition) is 0. The zero-order valence-electron chi connectivity index (χ0n) is 11.5. The molecule has 4 heteroatoms. The van der Waals surface area contributed by atoms with Crippen molar-refractivity contribution in [1.29, 1.82) is 0 Å². The minimum atomic E-state index is -0.284. The van der Waals surface area contributed by atoms with Crippen LogP contribution in [0.5, 0.6) is 0 Å². The van der Waals surface area contributed by atoms with Crippen LogP contribution in [0.25, 0.3) is 0 Å². The van der Waals surface area contributed by atoms with Gasteiger partial charge in [0.1, 0.15) is 11.4 Å². The number of hydrogen-bond acceptors (Lipinski definition) is 3. The topological polar surface area (TPSA) is 15.6 Å². The summed E-state index contributed by atoms with van der Waals surface area (Å²) in [6.45, 7) is 1.68. The van der Waals surface area contributed by atoms with Crippen LogP contribution < -0.4 is 0 Å². The Balaban J connectivity index is 1.90. The van der Waals surface area contributed by atoms with Gasteiger partial charge in [0.25, 0.3) is 0 Å². The average molecular weight is 298 g/mol. The summed E-state index contributed by atoms with van der Waals surface area (Å²) in [4.78, 5) is 7.11. The molecule has 0 saturated carbocycles. The third kappa shape index (κ3) is 1.89. The molecule has 0 N–H and O–H groups in total. The largest absolute Gasteiger partial charge is 0.335 e. The molecule has 1 fully saturated rings. The maximum Gasteiger partial charge on any atom is 0.160 e. The first-order chi connectivity index (χ1) is 10.3. The smallest absolute Gasteiger partial charge is 0.160 e. The van der Waals surface area contributed by atoms with E-state index in [2.05, 4.69) is 29.2 Å². The van der Waals surface area contributed by atoms with E-state index in [1.165, 1.54) is 5.56 Å². The van der Waals surface area contributed by atoms with Gasteiger partial charge in [-0.25, -0.2) is 4.39 Å². The number of benzene rings is 2. The predicted octanol–water partition coefficient (Wildman–Crippen LogP) is 3.49. The Morgan fingerprint density at radius 2 is 1.71 bits per heavy atom. The molecular formula is C17H15FN2S. The molecule has 2 aliphatic heterocycles. The van der Waals surface area contributed by atoms with E-state index >= 15 is 0 Å². The molecule has 0 spiro atoms. The summed E-state index contributed by atoms with van der Waals surface area (Å²) >= 11 is 1.81. The fraction of sp³-hybridized carbons (Fsp3) is 0.235. The van der Waals surface area contributed by atoms with Crippen LogP contribution in [0.3, 0.4) is 0 Å². The molecule has 2 aliphatic rings. The van der Waals surface area contributed by atoms with Gasteiger partial charge in [0.05, 0.1) is 6.54 Å². The first-order valence-corrected chi connectivity index (χ1v) is 8.06. The van der Waals surface area contributed by atoms with Gasteiger partial charge in [-0.05, 0) is 23.3 Å². The molecule has 1 unspecified atom stereocenters. The summed E-state index contributed by atoms with van der Waals surface area (Å²) in [6, 6.07) is 17.3. The molecule has 0 aromatic heterocycles. The molecule has 2 nitrogen and oxygen atoms in total. The Morgan fingerprint density at radius 1 is 1.00 bits per heavy atom. The van der Waals surface area contributed by atoms with Crippen molar-refractivity contribution in [3.05, 3.63) is 71.5 Å². The second-order valence-electron chi connectivity index (χ2n) is 5.33. The lowest BCUT2D eigenvalue weighted by Gasteiger charge is -2.38. The minimum Gasteiger partial charge on any atom is -0.335 e. The SMILES string of the molecule is Fc1ccc(C2(c3ccccc3)CN=C3SCCN32)cc1. The first-order valence-electron chi connectivity index (χ1n) is 7.07. The van der Waals surface area contributed by atoms with Crippen LogP contribution in [0, 0.1) is 5.82 Å². The molecule has 4 rings (SSSR count). The Labute approximate surface area is 127 Å². The van der Waals surface area contributed by atoms with Crippen LogP contribution in [0.1, 0.15) is 11.1 Å². The first kappa shape index (κ1) is 12.9. The minimum absolute atomic E-state index is 0.197. The van der Waals surface area contributed by atoms with E-state index in [1.54, 1.807) is 12.1 Å². The quantitative estimate of drug-likeness (QED) is 0.843. The van der Waals surface area contributed by atoms with E-state index < -0.39 is 0 Å². The van der Waals surface area contributed by atoms with Crippen LogP contribution in [0.15, 0.2) is 59.6 Å². The second kappa shape index (κ2) is 4.88. The van der Waals surface area contributed by atoms with Gasteiger partial charge in [0.15, 0.2) is 5.17 Å². The molecule has 0 amide bonds. The molecule has 21 heavy (non-hydrogen) atoms. The third-order valence-corrected chi connectivity index (χ3v) is 5.25. The summed E-state index contributed by atoms with van der Waals surface area (Å²) < 4.78 is 13.3. The van der Waals surface area contributed by atoms with Gasteiger partial charge in [-0.3, -0.25) is 4.99 Å². The monoisotopic (exact) mass is 298 g/mol. The summed E-state index contributed by atoms with van der Waals surface area (Å²) in [6.07, 6.45) is 0. The highest BCUT2D eigenvalue weighted by atomic mass is 32.2. The zero-order valence-corrected chi connectivity index (χ0v) is 12.3. The highest BCUT2D eigenvalue weighted by Crippen LogP contribution is 2.44. The fourth-order valence-electron chi connectivity index (χ4n) is 3.25. The van der Waals surface area contributed by atoms with Gasteiger partial charge in [0, 0.05) is 12.3 Å². The van der Waals surface area contributed by atoms with Gasteiger partial charge in [0.2, 0.25) is 0 Å². The average Bonchev–Trinajstić information content (AvgIpc) is 3.12. The van der Waals surface area contributed by atoms with Gasteiger partial charge in [-0.2, -0.15) is 0 Å². The molecule has 0 aliphatic carbocycles. The fourth-order valence-corrected chi connectivity index (χ4v) is 4.27. The van der Waals surface area contributed by atoms with Crippen molar-refractivity contribution in [2.24, 2.45) is 4.99 Å². The zero-order chi connectivity index (χ0) is 14.3.